The lowest BCUT2D eigenvalue weighted by Gasteiger charge is -2.21. The first-order valence-corrected chi connectivity index (χ1v) is 8.02. The van der Waals surface area contributed by atoms with Gasteiger partial charge in [0, 0.05) is 6.04 Å². The van der Waals surface area contributed by atoms with Gasteiger partial charge in [0.25, 0.3) is 0 Å². The third-order valence-corrected chi connectivity index (χ3v) is 4.91. The molecule has 0 aliphatic heterocycles. The maximum atomic E-state index is 12.4. The minimum Gasteiger partial charge on any atom is -0.392 e. The van der Waals surface area contributed by atoms with Gasteiger partial charge in [-0.15, -0.1) is 0 Å². The van der Waals surface area contributed by atoms with E-state index in [9.17, 15) is 8.42 Å². The van der Waals surface area contributed by atoms with Crippen molar-refractivity contribution in [3.8, 4) is 0 Å². The van der Waals surface area contributed by atoms with E-state index >= 15 is 0 Å². The molecule has 0 radical (unpaired) electrons. The Morgan fingerprint density at radius 2 is 1.95 bits per heavy atom. The molecule has 0 spiro atoms. The zero-order valence-corrected chi connectivity index (χ0v) is 12.8. The molecule has 0 bridgehead atoms. The van der Waals surface area contributed by atoms with E-state index in [4.69, 9.17) is 5.11 Å². The molecule has 5 heteroatoms. The van der Waals surface area contributed by atoms with Crippen molar-refractivity contribution in [2.45, 2.75) is 51.7 Å². The molecule has 0 aliphatic rings. The highest BCUT2D eigenvalue weighted by Gasteiger charge is 2.22. The third-order valence-electron chi connectivity index (χ3n) is 3.28. The van der Waals surface area contributed by atoms with E-state index in [1.807, 2.05) is 20.8 Å². The van der Waals surface area contributed by atoms with Gasteiger partial charge in [-0.1, -0.05) is 32.9 Å². The molecule has 0 aromatic heterocycles. The van der Waals surface area contributed by atoms with Crippen molar-refractivity contribution in [3.63, 3.8) is 0 Å². The Hall–Kier alpha value is -0.910. The third kappa shape index (κ3) is 4.03. The van der Waals surface area contributed by atoms with Crippen molar-refractivity contribution < 1.29 is 13.5 Å². The minimum atomic E-state index is -3.54. The summed E-state index contributed by atoms with van der Waals surface area (Å²) in [4.78, 5) is 0.248. The van der Waals surface area contributed by atoms with Crippen molar-refractivity contribution in [2.75, 3.05) is 0 Å². The van der Waals surface area contributed by atoms with Crippen LogP contribution in [0.2, 0.25) is 0 Å². The van der Waals surface area contributed by atoms with Crippen LogP contribution in [-0.4, -0.2) is 19.6 Å². The van der Waals surface area contributed by atoms with E-state index in [1.165, 1.54) is 6.07 Å². The van der Waals surface area contributed by atoms with Crippen LogP contribution in [-0.2, 0) is 16.6 Å². The lowest BCUT2D eigenvalue weighted by atomic mass is 10.0. The molecule has 1 aromatic rings. The zero-order chi connectivity index (χ0) is 14.6. The van der Waals surface area contributed by atoms with Crippen LogP contribution in [0.5, 0.6) is 0 Å². The predicted molar refractivity (Wildman–Crippen MR) is 76.3 cm³/mol. The highest BCUT2D eigenvalue weighted by molar-refractivity contribution is 7.89. The largest absolute Gasteiger partial charge is 0.392 e. The van der Waals surface area contributed by atoms with Gasteiger partial charge < -0.3 is 5.11 Å². The van der Waals surface area contributed by atoms with Crippen molar-refractivity contribution in [1.82, 2.24) is 4.72 Å². The highest BCUT2D eigenvalue weighted by atomic mass is 32.2. The van der Waals surface area contributed by atoms with Crippen molar-refractivity contribution in [2.24, 2.45) is 5.92 Å². The molecule has 0 heterocycles. The Morgan fingerprint density at radius 3 is 2.42 bits per heavy atom. The molecule has 4 nitrogen and oxygen atoms in total. The average Bonchev–Trinajstić information content (AvgIpc) is 2.36. The fourth-order valence-electron chi connectivity index (χ4n) is 1.99. The van der Waals surface area contributed by atoms with Gasteiger partial charge in [0.1, 0.15) is 0 Å². The number of hydrogen-bond donors (Lipinski definition) is 2. The van der Waals surface area contributed by atoms with E-state index in [2.05, 4.69) is 4.72 Å². The molecule has 2 N–H and O–H groups in total. The van der Waals surface area contributed by atoms with Gasteiger partial charge in [0.2, 0.25) is 10.0 Å². The summed E-state index contributed by atoms with van der Waals surface area (Å²) in [5, 5.41) is 9.12. The first kappa shape index (κ1) is 16.1. The molecule has 0 saturated carbocycles. The Balaban J connectivity index is 3.13. The fraction of sp³-hybridized carbons (Fsp3) is 0.571. The highest BCUT2D eigenvalue weighted by Crippen LogP contribution is 2.19. The Kier molecular flexibility index (Phi) is 5.52. The van der Waals surface area contributed by atoms with Crippen LogP contribution in [0, 0.1) is 12.8 Å². The van der Waals surface area contributed by atoms with E-state index in [-0.39, 0.29) is 23.5 Å². The SMILES string of the molecule is CCC(NS(=O)(=O)c1cc(CO)ccc1C)C(C)C. The summed E-state index contributed by atoms with van der Waals surface area (Å²) in [5.41, 5.74) is 1.28. The second kappa shape index (κ2) is 6.50. The number of rotatable bonds is 6. The normalized spacial score (nSPS) is 13.8. The summed E-state index contributed by atoms with van der Waals surface area (Å²) in [6, 6.07) is 4.90. The smallest absolute Gasteiger partial charge is 0.241 e. The van der Waals surface area contributed by atoms with Crippen molar-refractivity contribution in [1.29, 1.82) is 0 Å². The first-order valence-electron chi connectivity index (χ1n) is 6.54. The van der Waals surface area contributed by atoms with Crippen LogP contribution in [0.15, 0.2) is 23.1 Å². The topological polar surface area (TPSA) is 66.4 Å². The number of benzene rings is 1. The van der Waals surface area contributed by atoms with Crippen LogP contribution >= 0.6 is 0 Å². The molecule has 19 heavy (non-hydrogen) atoms. The molecule has 1 aromatic carbocycles. The Morgan fingerprint density at radius 1 is 1.32 bits per heavy atom. The lowest BCUT2D eigenvalue weighted by molar-refractivity contribution is 0.281. The average molecular weight is 285 g/mol. The molecular formula is C14H23NO3S. The van der Waals surface area contributed by atoms with Crippen LogP contribution in [0.4, 0.5) is 0 Å². The second-order valence-electron chi connectivity index (χ2n) is 5.14. The number of sulfonamides is 1. The number of hydrogen-bond acceptors (Lipinski definition) is 3. The predicted octanol–water partition coefficient (Wildman–Crippen LogP) is 2.20. The van der Waals surface area contributed by atoms with E-state index in [0.717, 1.165) is 6.42 Å². The van der Waals surface area contributed by atoms with Gasteiger partial charge in [-0.05, 0) is 36.5 Å². The Labute approximate surface area is 115 Å². The molecule has 1 atom stereocenters. The number of aliphatic hydroxyl groups is 1. The van der Waals surface area contributed by atoms with Crippen molar-refractivity contribution in [3.05, 3.63) is 29.3 Å². The van der Waals surface area contributed by atoms with Gasteiger partial charge in [-0.25, -0.2) is 13.1 Å². The van der Waals surface area contributed by atoms with E-state index in [0.29, 0.717) is 11.1 Å². The van der Waals surface area contributed by atoms with Crippen molar-refractivity contribution >= 4 is 10.0 Å². The second-order valence-corrected chi connectivity index (χ2v) is 6.82. The molecule has 0 amide bonds. The minimum absolute atomic E-state index is 0.0813. The summed E-state index contributed by atoms with van der Waals surface area (Å²) in [7, 11) is -3.54. The van der Waals surface area contributed by atoms with Crippen LogP contribution in [0.3, 0.4) is 0 Å². The van der Waals surface area contributed by atoms with Gasteiger partial charge in [-0.2, -0.15) is 0 Å². The summed E-state index contributed by atoms with van der Waals surface area (Å²) in [5.74, 6) is 0.237. The molecule has 108 valence electrons. The summed E-state index contributed by atoms with van der Waals surface area (Å²) in [6.45, 7) is 7.54. The van der Waals surface area contributed by atoms with Gasteiger partial charge >= 0.3 is 0 Å². The van der Waals surface area contributed by atoms with Crippen LogP contribution in [0.25, 0.3) is 0 Å². The first-order chi connectivity index (χ1) is 8.81. The molecule has 0 fully saturated rings. The molecule has 1 unspecified atom stereocenters. The maximum Gasteiger partial charge on any atom is 0.241 e. The number of aryl methyl sites for hydroxylation is 1. The molecule has 1 rings (SSSR count). The molecule has 0 aliphatic carbocycles. The molecule has 0 saturated heterocycles. The van der Waals surface area contributed by atoms with Crippen LogP contribution in [0.1, 0.15) is 38.3 Å². The standard InChI is InChI=1S/C14H23NO3S/c1-5-13(10(2)3)15-19(17,18)14-8-12(9-16)7-6-11(14)4/h6-8,10,13,15-16H,5,9H2,1-4H3. The Bertz CT molecular complexity index is 523. The number of nitrogens with one attached hydrogen (secondary N) is 1. The summed E-state index contributed by atoms with van der Waals surface area (Å²) < 4.78 is 27.5. The fourth-order valence-corrected chi connectivity index (χ4v) is 3.75. The summed E-state index contributed by atoms with van der Waals surface area (Å²) >= 11 is 0. The zero-order valence-electron chi connectivity index (χ0n) is 12.0. The molecular weight excluding hydrogens is 262 g/mol. The van der Waals surface area contributed by atoms with Gasteiger partial charge in [0.05, 0.1) is 11.5 Å². The number of aliphatic hydroxyl groups excluding tert-OH is 1. The van der Waals surface area contributed by atoms with E-state index < -0.39 is 10.0 Å². The maximum absolute atomic E-state index is 12.4. The summed E-state index contributed by atoms with van der Waals surface area (Å²) in [6.07, 6.45) is 0.746. The van der Waals surface area contributed by atoms with Gasteiger partial charge in [0.15, 0.2) is 0 Å². The quantitative estimate of drug-likeness (QED) is 0.842. The van der Waals surface area contributed by atoms with Gasteiger partial charge in [-0.3, -0.25) is 0 Å². The van der Waals surface area contributed by atoms with E-state index in [1.54, 1.807) is 19.1 Å². The monoisotopic (exact) mass is 285 g/mol. The lowest BCUT2D eigenvalue weighted by Crippen LogP contribution is -2.38. The van der Waals surface area contributed by atoms with Crippen LogP contribution < -0.4 is 4.72 Å².